The Bertz CT molecular complexity index is 793. The van der Waals surface area contributed by atoms with Crippen LogP contribution in [0.1, 0.15) is 54.1 Å². The van der Waals surface area contributed by atoms with E-state index in [1.165, 1.54) is 11.1 Å². The van der Waals surface area contributed by atoms with Gasteiger partial charge in [-0.3, -0.25) is 14.5 Å². The second-order valence-electron chi connectivity index (χ2n) is 7.52. The van der Waals surface area contributed by atoms with Crippen LogP contribution in [0.3, 0.4) is 0 Å². The van der Waals surface area contributed by atoms with Gasteiger partial charge in [0, 0.05) is 23.8 Å². The molecule has 0 bridgehead atoms. The molecule has 3 rings (SSSR count). The Balaban J connectivity index is 1.59. The summed E-state index contributed by atoms with van der Waals surface area (Å²) in [7, 11) is 0. The van der Waals surface area contributed by atoms with E-state index in [2.05, 4.69) is 48.3 Å². The molecule has 1 fully saturated rings. The molecule has 0 aliphatic heterocycles. The first-order valence-corrected chi connectivity index (χ1v) is 9.45. The number of hydrogen-bond acceptors (Lipinski definition) is 3. The lowest BCUT2D eigenvalue weighted by Crippen LogP contribution is -2.34. The standard InChI is InChI=1S/C22H27N3O2/c1-15(2)17-5-3-16(4-6-17)13-25(20-11-12-20)14-21(26)24-19-9-7-18(8-10-19)22(23)27/h3-10,15,20H,11-14H2,1-2H3,(H2,23,27)(H,24,26). The molecule has 2 amide bonds. The maximum atomic E-state index is 12.5. The summed E-state index contributed by atoms with van der Waals surface area (Å²) in [4.78, 5) is 25.8. The molecule has 5 heteroatoms. The van der Waals surface area contributed by atoms with Crippen LogP contribution in [-0.4, -0.2) is 29.3 Å². The molecule has 0 aromatic heterocycles. The number of benzene rings is 2. The second-order valence-corrected chi connectivity index (χ2v) is 7.52. The van der Waals surface area contributed by atoms with Crippen molar-refractivity contribution in [2.45, 2.75) is 45.2 Å². The van der Waals surface area contributed by atoms with Gasteiger partial charge in [-0.05, 0) is 54.2 Å². The van der Waals surface area contributed by atoms with E-state index < -0.39 is 5.91 Å². The third-order valence-corrected chi connectivity index (χ3v) is 4.90. The predicted octanol–water partition coefficient (Wildman–Crippen LogP) is 3.51. The number of hydrogen-bond donors (Lipinski definition) is 2. The van der Waals surface area contributed by atoms with Gasteiger partial charge in [0.2, 0.25) is 11.8 Å². The molecule has 1 saturated carbocycles. The summed E-state index contributed by atoms with van der Waals surface area (Å²) in [6, 6.07) is 15.8. The first-order chi connectivity index (χ1) is 12.9. The molecule has 0 spiro atoms. The first kappa shape index (κ1) is 19.1. The lowest BCUT2D eigenvalue weighted by atomic mass is 10.0. The molecule has 2 aromatic carbocycles. The molecule has 0 saturated heterocycles. The average molecular weight is 365 g/mol. The summed E-state index contributed by atoms with van der Waals surface area (Å²) in [6.45, 7) is 5.50. The largest absolute Gasteiger partial charge is 0.366 e. The van der Waals surface area contributed by atoms with Crippen LogP contribution in [-0.2, 0) is 11.3 Å². The van der Waals surface area contributed by atoms with Crippen molar-refractivity contribution >= 4 is 17.5 Å². The van der Waals surface area contributed by atoms with Crippen LogP contribution < -0.4 is 11.1 Å². The van der Waals surface area contributed by atoms with E-state index in [1.807, 2.05) is 0 Å². The highest BCUT2D eigenvalue weighted by atomic mass is 16.2. The minimum absolute atomic E-state index is 0.0486. The number of anilines is 1. The van der Waals surface area contributed by atoms with Gasteiger partial charge in [-0.25, -0.2) is 0 Å². The third-order valence-electron chi connectivity index (χ3n) is 4.90. The zero-order valence-electron chi connectivity index (χ0n) is 15.9. The van der Waals surface area contributed by atoms with E-state index in [0.29, 0.717) is 29.8 Å². The van der Waals surface area contributed by atoms with Gasteiger partial charge in [0.15, 0.2) is 0 Å². The van der Waals surface area contributed by atoms with Crippen LogP contribution in [0.5, 0.6) is 0 Å². The summed E-state index contributed by atoms with van der Waals surface area (Å²) in [6.07, 6.45) is 2.29. The average Bonchev–Trinajstić information content (AvgIpc) is 3.47. The van der Waals surface area contributed by atoms with Crippen molar-refractivity contribution in [1.29, 1.82) is 0 Å². The van der Waals surface area contributed by atoms with E-state index in [4.69, 9.17) is 5.73 Å². The number of nitrogens with one attached hydrogen (secondary N) is 1. The zero-order chi connectivity index (χ0) is 19.4. The van der Waals surface area contributed by atoms with E-state index in [1.54, 1.807) is 24.3 Å². The summed E-state index contributed by atoms with van der Waals surface area (Å²) >= 11 is 0. The number of amides is 2. The summed E-state index contributed by atoms with van der Waals surface area (Å²) < 4.78 is 0. The molecule has 2 aromatic rings. The monoisotopic (exact) mass is 365 g/mol. The van der Waals surface area contributed by atoms with Crippen molar-refractivity contribution in [3.63, 3.8) is 0 Å². The van der Waals surface area contributed by atoms with Crippen molar-refractivity contribution in [2.75, 3.05) is 11.9 Å². The van der Waals surface area contributed by atoms with Crippen LogP contribution in [0.25, 0.3) is 0 Å². The highest BCUT2D eigenvalue weighted by molar-refractivity contribution is 5.95. The van der Waals surface area contributed by atoms with Gasteiger partial charge < -0.3 is 11.1 Å². The second kappa shape index (κ2) is 8.35. The van der Waals surface area contributed by atoms with E-state index in [-0.39, 0.29) is 5.91 Å². The molecule has 3 N–H and O–H groups in total. The molecular formula is C22H27N3O2. The van der Waals surface area contributed by atoms with Crippen LogP contribution in [0.2, 0.25) is 0 Å². The van der Waals surface area contributed by atoms with Crippen LogP contribution in [0.4, 0.5) is 5.69 Å². The van der Waals surface area contributed by atoms with Crippen molar-refractivity contribution < 1.29 is 9.59 Å². The Labute approximate surface area is 160 Å². The molecule has 1 aliphatic carbocycles. The SMILES string of the molecule is CC(C)c1ccc(CN(CC(=O)Nc2ccc(C(N)=O)cc2)C2CC2)cc1. The Kier molecular flexibility index (Phi) is 5.91. The predicted molar refractivity (Wildman–Crippen MR) is 108 cm³/mol. The Morgan fingerprint density at radius 1 is 1.07 bits per heavy atom. The Hall–Kier alpha value is -2.66. The van der Waals surface area contributed by atoms with Gasteiger partial charge in [0.1, 0.15) is 0 Å². The normalized spacial score (nSPS) is 13.8. The number of nitrogens with zero attached hydrogens (tertiary/aromatic N) is 1. The topological polar surface area (TPSA) is 75.4 Å². The van der Waals surface area contributed by atoms with Crippen LogP contribution in [0, 0.1) is 0 Å². The number of carbonyl (C=O) groups excluding carboxylic acids is 2. The minimum atomic E-state index is -0.476. The lowest BCUT2D eigenvalue weighted by Gasteiger charge is -2.22. The molecule has 5 nitrogen and oxygen atoms in total. The lowest BCUT2D eigenvalue weighted by molar-refractivity contribution is -0.117. The van der Waals surface area contributed by atoms with Crippen molar-refractivity contribution in [1.82, 2.24) is 4.90 Å². The summed E-state index contributed by atoms with van der Waals surface area (Å²) in [5, 5.41) is 2.90. The van der Waals surface area contributed by atoms with Gasteiger partial charge in [-0.1, -0.05) is 38.1 Å². The molecular weight excluding hydrogens is 338 g/mol. The number of carbonyl (C=O) groups is 2. The minimum Gasteiger partial charge on any atom is -0.366 e. The van der Waals surface area contributed by atoms with Gasteiger partial charge in [0.05, 0.1) is 6.54 Å². The molecule has 142 valence electrons. The fourth-order valence-electron chi connectivity index (χ4n) is 3.10. The van der Waals surface area contributed by atoms with E-state index >= 15 is 0 Å². The van der Waals surface area contributed by atoms with E-state index in [9.17, 15) is 9.59 Å². The molecule has 0 unspecified atom stereocenters. The van der Waals surface area contributed by atoms with Gasteiger partial charge >= 0.3 is 0 Å². The van der Waals surface area contributed by atoms with Crippen LogP contribution >= 0.6 is 0 Å². The van der Waals surface area contributed by atoms with Gasteiger partial charge in [0.25, 0.3) is 0 Å². The summed E-state index contributed by atoms with van der Waals surface area (Å²) in [5.74, 6) is -0.00545. The molecule has 1 aliphatic rings. The summed E-state index contributed by atoms with van der Waals surface area (Å²) in [5.41, 5.74) is 8.89. The number of primary amides is 1. The highest BCUT2D eigenvalue weighted by Crippen LogP contribution is 2.28. The zero-order valence-corrected chi connectivity index (χ0v) is 15.9. The molecule has 0 heterocycles. The Morgan fingerprint density at radius 2 is 1.70 bits per heavy atom. The quantitative estimate of drug-likeness (QED) is 0.752. The smallest absolute Gasteiger partial charge is 0.248 e. The Morgan fingerprint density at radius 3 is 2.22 bits per heavy atom. The van der Waals surface area contributed by atoms with Crippen molar-refractivity contribution in [3.8, 4) is 0 Å². The molecule has 0 radical (unpaired) electrons. The molecule has 0 atom stereocenters. The highest BCUT2D eigenvalue weighted by Gasteiger charge is 2.30. The maximum Gasteiger partial charge on any atom is 0.248 e. The van der Waals surface area contributed by atoms with E-state index in [0.717, 1.165) is 19.4 Å². The third kappa shape index (κ3) is 5.41. The van der Waals surface area contributed by atoms with Crippen molar-refractivity contribution in [3.05, 3.63) is 65.2 Å². The number of nitrogens with two attached hydrogens (primary N) is 1. The first-order valence-electron chi connectivity index (χ1n) is 9.45. The van der Waals surface area contributed by atoms with Crippen molar-refractivity contribution in [2.24, 2.45) is 5.73 Å². The van der Waals surface area contributed by atoms with Gasteiger partial charge in [-0.15, -0.1) is 0 Å². The maximum absolute atomic E-state index is 12.5. The molecule has 27 heavy (non-hydrogen) atoms. The van der Waals surface area contributed by atoms with Crippen LogP contribution in [0.15, 0.2) is 48.5 Å². The fraction of sp³-hybridized carbons (Fsp3) is 0.364. The van der Waals surface area contributed by atoms with Gasteiger partial charge in [-0.2, -0.15) is 0 Å². The fourth-order valence-corrected chi connectivity index (χ4v) is 3.10. The number of rotatable bonds is 8.